The number of carboxylic acid groups (broad SMARTS) is 1. The second-order valence-electron chi connectivity index (χ2n) is 5.83. The molecule has 0 unspecified atom stereocenters. The Balaban J connectivity index is 1.81. The van der Waals surface area contributed by atoms with E-state index in [1.54, 1.807) is 24.3 Å². The maximum absolute atomic E-state index is 12.1. The largest absolute Gasteiger partial charge is 0.480 e. The molecule has 1 fully saturated rings. The molecule has 2 amide bonds. The Morgan fingerprint density at radius 1 is 1.00 bits per heavy atom. The van der Waals surface area contributed by atoms with Gasteiger partial charge in [0.05, 0.1) is 0 Å². The van der Waals surface area contributed by atoms with E-state index < -0.39 is 18.4 Å². The Morgan fingerprint density at radius 2 is 1.65 bits per heavy atom. The Hall–Kier alpha value is -2.37. The van der Waals surface area contributed by atoms with Gasteiger partial charge < -0.3 is 15.7 Å². The first-order chi connectivity index (χ1) is 11.1. The average molecular weight is 318 g/mol. The highest BCUT2D eigenvalue weighted by Gasteiger charge is 2.20. The fourth-order valence-electron chi connectivity index (χ4n) is 2.73. The number of hydrogen-bond acceptors (Lipinski definition) is 3. The Bertz CT molecular complexity index is 562. The zero-order chi connectivity index (χ0) is 16.7. The normalized spacial score (nSPS) is 15.0. The van der Waals surface area contributed by atoms with Crippen LogP contribution >= 0.6 is 0 Å². The van der Waals surface area contributed by atoms with Crippen molar-refractivity contribution in [2.45, 2.75) is 38.6 Å². The lowest BCUT2D eigenvalue weighted by atomic mass is 9.88. The monoisotopic (exact) mass is 318 g/mol. The molecule has 0 radical (unpaired) electrons. The summed E-state index contributed by atoms with van der Waals surface area (Å²) in [5, 5.41) is 13.8. The van der Waals surface area contributed by atoms with Crippen molar-refractivity contribution in [1.82, 2.24) is 10.6 Å². The first kappa shape index (κ1) is 17.0. The smallest absolute Gasteiger partial charge is 0.322 e. The molecular formula is C17H22N2O4. The highest BCUT2D eigenvalue weighted by atomic mass is 16.4. The molecule has 23 heavy (non-hydrogen) atoms. The first-order valence-electron chi connectivity index (χ1n) is 7.93. The third kappa shape index (κ3) is 5.39. The fourth-order valence-corrected chi connectivity index (χ4v) is 2.73. The number of carboxylic acids is 1. The molecule has 0 aromatic heterocycles. The lowest BCUT2D eigenvalue weighted by molar-refractivity contribution is -0.135. The minimum absolute atomic E-state index is 0.105. The van der Waals surface area contributed by atoms with Gasteiger partial charge in [-0.25, -0.2) is 0 Å². The van der Waals surface area contributed by atoms with Crippen molar-refractivity contribution in [3.63, 3.8) is 0 Å². The minimum atomic E-state index is -1.08. The first-order valence-corrected chi connectivity index (χ1v) is 7.93. The maximum Gasteiger partial charge on any atom is 0.322 e. The summed E-state index contributed by atoms with van der Waals surface area (Å²) in [6.07, 6.45) is 5.40. The number of carbonyl (C=O) groups excluding carboxylic acids is 2. The van der Waals surface area contributed by atoms with Gasteiger partial charge in [-0.2, -0.15) is 0 Å². The van der Waals surface area contributed by atoms with Crippen molar-refractivity contribution in [2.24, 2.45) is 5.92 Å². The van der Waals surface area contributed by atoms with Gasteiger partial charge in [-0.3, -0.25) is 14.4 Å². The van der Waals surface area contributed by atoms with E-state index in [4.69, 9.17) is 5.11 Å². The fraction of sp³-hybridized carbons (Fsp3) is 0.471. The van der Waals surface area contributed by atoms with Crippen molar-refractivity contribution >= 4 is 17.8 Å². The summed E-state index contributed by atoms with van der Waals surface area (Å²) in [4.78, 5) is 34.2. The second-order valence-corrected chi connectivity index (χ2v) is 5.83. The minimum Gasteiger partial charge on any atom is -0.480 e. The van der Waals surface area contributed by atoms with E-state index >= 15 is 0 Å². The third-order valence-corrected chi connectivity index (χ3v) is 4.06. The summed E-state index contributed by atoms with van der Waals surface area (Å²) in [6.45, 7) is 0.0321. The van der Waals surface area contributed by atoms with Gasteiger partial charge in [0.15, 0.2) is 0 Å². The van der Waals surface area contributed by atoms with Gasteiger partial charge in [0.2, 0.25) is 5.91 Å². The zero-order valence-electron chi connectivity index (χ0n) is 13.0. The molecule has 1 aromatic rings. The molecule has 0 aliphatic heterocycles. The van der Waals surface area contributed by atoms with Gasteiger partial charge in [0, 0.05) is 18.0 Å². The molecule has 6 heteroatoms. The molecular weight excluding hydrogens is 296 g/mol. The third-order valence-electron chi connectivity index (χ3n) is 4.06. The topological polar surface area (TPSA) is 95.5 Å². The molecule has 1 aliphatic carbocycles. The van der Waals surface area contributed by atoms with Crippen molar-refractivity contribution in [2.75, 3.05) is 6.54 Å². The number of carbonyl (C=O) groups is 3. The van der Waals surface area contributed by atoms with Crippen LogP contribution in [0.25, 0.3) is 0 Å². The molecule has 0 bridgehead atoms. The van der Waals surface area contributed by atoms with E-state index in [2.05, 4.69) is 10.6 Å². The van der Waals surface area contributed by atoms with Crippen molar-refractivity contribution < 1.29 is 19.5 Å². The summed E-state index contributed by atoms with van der Waals surface area (Å²) in [5.41, 5.74) is 1.30. The summed E-state index contributed by atoms with van der Waals surface area (Å²) in [5.74, 6) is -1.27. The van der Waals surface area contributed by atoms with Crippen LogP contribution in [-0.4, -0.2) is 29.4 Å². The number of hydrogen-bond donors (Lipinski definition) is 3. The molecule has 3 N–H and O–H groups in total. The van der Waals surface area contributed by atoms with E-state index in [0.29, 0.717) is 12.1 Å². The van der Waals surface area contributed by atoms with Crippen LogP contribution < -0.4 is 10.6 Å². The van der Waals surface area contributed by atoms with E-state index in [0.717, 1.165) is 31.2 Å². The van der Waals surface area contributed by atoms with Crippen molar-refractivity contribution in [1.29, 1.82) is 0 Å². The zero-order valence-corrected chi connectivity index (χ0v) is 13.0. The summed E-state index contributed by atoms with van der Waals surface area (Å²) >= 11 is 0. The molecule has 1 aliphatic rings. The van der Waals surface area contributed by atoms with Gasteiger partial charge in [-0.05, 0) is 30.5 Å². The molecule has 0 saturated heterocycles. The molecule has 0 atom stereocenters. The van der Waals surface area contributed by atoms with Crippen LogP contribution in [0.3, 0.4) is 0 Å². The second kappa shape index (κ2) is 8.31. The SMILES string of the molecule is O=C(O)CNC(=O)c1ccc(CNC(=O)C2CCCCC2)cc1. The van der Waals surface area contributed by atoms with Crippen molar-refractivity contribution in [3.05, 3.63) is 35.4 Å². The van der Waals surface area contributed by atoms with Crippen LogP contribution in [-0.2, 0) is 16.1 Å². The quantitative estimate of drug-likeness (QED) is 0.744. The molecule has 6 nitrogen and oxygen atoms in total. The van der Waals surface area contributed by atoms with Gasteiger partial charge in [0.25, 0.3) is 5.91 Å². The van der Waals surface area contributed by atoms with Gasteiger partial charge in [0.1, 0.15) is 6.54 Å². The molecule has 1 aromatic carbocycles. The average Bonchev–Trinajstić information content (AvgIpc) is 2.58. The van der Waals surface area contributed by atoms with Crippen LogP contribution in [0.5, 0.6) is 0 Å². The van der Waals surface area contributed by atoms with E-state index in [-0.39, 0.29) is 11.8 Å². The Morgan fingerprint density at radius 3 is 2.26 bits per heavy atom. The van der Waals surface area contributed by atoms with Crippen LogP contribution in [0.1, 0.15) is 48.0 Å². The van der Waals surface area contributed by atoms with E-state index in [1.807, 2.05) is 0 Å². The summed E-state index contributed by atoms with van der Waals surface area (Å²) in [7, 11) is 0. The van der Waals surface area contributed by atoms with Crippen LogP contribution in [0.15, 0.2) is 24.3 Å². The highest BCUT2D eigenvalue weighted by Crippen LogP contribution is 2.23. The number of aliphatic carboxylic acids is 1. The van der Waals surface area contributed by atoms with Crippen LogP contribution in [0.2, 0.25) is 0 Å². The Kier molecular flexibility index (Phi) is 6.14. The predicted octanol–water partition coefficient (Wildman–Crippen LogP) is 1.70. The molecule has 124 valence electrons. The van der Waals surface area contributed by atoms with Gasteiger partial charge in [-0.15, -0.1) is 0 Å². The van der Waals surface area contributed by atoms with E-state index in [1.165, 1.54) is 6.42 Å². The van der Waals surface area contributed by atoms with Crippen molar-refractivity contribution in [3.8, 4) is 0 Å². The van der Waals surface area contributed by atoms with Gasteiger partial charge in [-0.1, -0.05) is 31.4 Å². The number of benzene rings is 1. The molecule has 0 heterocycles. The lowest BCUT2D eigenvalue weighted by Crippen LogP contribution is -2.31. The number of amides is 2. The summed E-state index contributed by atoms with van der Waals surface area (Å²) < 4.78 is 0. The predicted molar refractivity (Wildman–Crippen MR) is 84.8 cm³/mol. The summed E-state index contributed by atoms with van der Waals surface area (Å²) in [6, 6.07) is 6.77. The van der Waals surface area contributed by atoms with Crippen LogP contribution in [0, 0.1) is 5.92 Å². The number of rotatable bonds is 6. The lowest BCUT2D eigenvalue weighted by Gasteiger charge is -2.20. The highest BCUT2D eigenvalue weighted by molar-refractivity contribution is 5.95. The van der Waals surface area contributed by atoms with Gasteiger partial charge >= 0.3 is 5.97 Å². The van der Waals surface area contributed by atoms with Crippen LogP contribution in [0.4, 0.5) is 0 Å². The number of nitrogens with one attached hydrogen (secondary N) is 2. The molecule has 0 spiro atoms. The standard InChI is InChI=1S/C17H22N2O4/c20-15(21)11-19-17(23)14-8-6-12(7-9-14)10-18-16(22)13-4-2-1-3-5-13/h6-9,13H,1-5,10-11H2,(H,18,22)(H,19,23)(H,20,21). The Labute approximate surface area is 135 Å². The maximum atomic E-state index is 12.1. The van der Waals surface area contributed by atoms with E-state index in [9.17, 15) is 14.4 Å². The molecule has 2 rings (SSSR count). The molecule has 1 saturated carbocycles.